The summed E-state index contributed by atoms with van der Waals surface area (Å²) >= 11 is -3.89. The molecule has 0 aliphatic heterocycles. The van der Waals surface area contributed by atoms with Crippen molar-refractivity contribution in [2.24, 2.45) is 0 Å². The van der Waals surface area contributed by atoms with Crippen molar-refractivity contribution in [3.8, 4) is 22.3 Å². The van der Waals surface area contributed by atoms with Gasteiger partial charge in [0.15, 0.2) is 0 Å². The van der Waals surface area contributed by atoms with Gasteiger partial charge < -0.3 is 0 Å². The maximum absolute atomic E-state index is 3.89. The predicted octanol–water partition coefficient (Wildman–Crippen LogP) is 12.8. The summed E-state index contributed by atoms with van der Waals surface area (Å²) in [5.41, 5.74) is 17.5. The second kappa shape index (κ2) is 11.6. The Morgan fingerprint density at radius 2 is 1.00 bits per heavy atom. The molecule has 0 aromatic heterocycles. The van der Waals surface area contributed by atoms with E-state index in [1.165, 1.54) is 87.7 Å². The standard InChI is InChI=1S/2C17H15.C7H14Si.2CH3.Hf/c2*1-12-9-13(2)11-15(10-12)17-8-4-6-14-5-3-7-16(14)17;1-8-7-5-3-2-4-6-7;;;/h2*3-11H,1-2H3;7H,2-6H2,1H3;2*1H3;. The van der Waals surface area contributed by atoms with Gasteiger partial charge in [0.05, 0.1) is 0 Å². The first-order chi connectivity index (χ1) is 21.5. The zero-order chi connectivity index (χ0) is 31.5. The molecule has 2 atom stereocenters. The van der Waals surface area contributed by atoms with Gasteiger partial charge in [0.2, 0.25) is 0 Å². The second-order valence-electron chi connectivity index (χ2n) is 15.7. The molecule has 0 heterocycles. The van der Waals surface area contributed by atoms with Gasteiger partial charge in [-0.3, -0.25) is 0 Å². The summed E-state index contributed by atoms with van der Waals surface area (Å²) in [6.45, 7) is 11.8. The van der Waals surface area contributed by atoms with Crippen molar-refractivity contribution in [2.75, 3.05) is 0 Å². The topological polar surface area (TPSA) is 0 Å². The number of benzene rings is 4. The molecule has 0 radical (unpaired) electrons. The molecule has 7 rings (SSSR count). The van der Waals surface area contributed by atoms with Crippen LogP contribution in [0.15, 0.2) is 84.9 Å². The molecular weight excluding hydrogens is 723 g/mol. The molecule has 0 nitrogen and oxygen atoms in total. The van der Waals surface area contributed by atoms with E-state index in [9.17, 15) is 0 Å². The normalized spacial score (nSPS) is 19.6. The van der Waals surface area contributed by atoms with Crippen molar-refractivity contribution >= 4 is 17.6 Å². The molecule has 230 valence electrons. The number of fused-ring (bicyclic) bond motifs is 2. The van der Waals surface area contributed by atoms with Gasteiger partial charge in [-0.2, -0.15) is 0 Å². The summed E-state index contributed by atoms with van der Waals surface area (Å²) in [5, 5.41) is 0. The number of hydrogen-bond acceptors (Lipinski definition) is 0. The molecule has 2 heteroatoms. The summed E-state index contributed by atoms with van der Waals surface area (Å²) < 4.78 is 7.02. The third-order valence-electron chi connectivity index (χ3n) is 12.3. The van der Waals surface area contributed by atoms with Crippen molar-refractivity contribution in [2.45, 2.75) is 88.6 Å². The van der Waals surface area contributed by atoms with Crippen LogP contribution in [0, 0.1) is 27.7 Å². The molecule has 2 unspecified atom stereocenters. The maximum atomic E-state index is 2.93. The fourth-order valence-electron chi connectivity index (χ4n) is 9.85. The third kappa shape index (κ3) is 5.19. The summed E-state index contributed by atoms with van der Waals surface area (Å²) in [5.74, 6) is 0. The monoisotopic (exact) mass is 774 g/mol. The predicted molar refractivity (Wildman–Crippen MR) is 196 cm³/mol. The Bertz CT molecular complexity index is 1790. The summed E-state index contributed by atoms with van der Waals surface area (Å²) in [7, 11) is 0. The first kappa shape index (κ1) is 31.1. The summed E-state index contributed by atoms with van der Waals surface area (Å²) in [6, 6.07) is 28.6. The fourth-order valence-corrected chi connectivity index (χ4v) is 60.1. The minimum atomic E-state index is -3.89. The van der Waals surface area contributed by atoms with Crippen molar-refractivity contribution in [3.63, 3.8) is 0 Å². The molecule has 4 aromatic carbocycles. The van der Waals surface area contributed by atoms with E-state index < -0.39 is 22.6 Å². The third-order valence-corrected chi connectivity index (χ3v) is 70.3. The zero-order valence-electron chi connectivity index (χ0n) is 28.5. The Labute approximate surface area is 273 Å². The van der Waals surface area contributed by atoms with E-state index in [4.69, 9.17) is 0 Å². The Balaban J connectivity index is 1.44. The van der Waals surface area contributed by atoms with Gasteiger partial charge in [0, 0.05) is 0 Å². The van der Waals surface area contributed by atoms with Crippen LogP contribution in [0.5, 0.6) is 0 Å². The van der Waals surface area contributed by atoms with Gasteiger partial charge in [-0.25, -0.2) is 0 Å². The van der Waals surface area contributed by atoms with Gasteiger partial charge >= 0.3 is 275 Å². The van der Waals surface area contributed by atoms with Gasteiger partial charge in [0.1, 0.15) is 0 Å². The molecule has 1 fully saturated rings. The molecule has 4 aromatic rings. The molecule has 0 spiro atoms. The average molecular weight is 773 g/mol. The molecule has 3 aliphatic carbocycles. The number of allylic oxidation sites excluding steroid dienone is 2. The Hall–Kier alpha value is -2.55. The van der Waals surface area contributed by atoms with Gasteiger partial charge in [-0.1, -0.05) is 0 Å². The Morgan fingerprint density at radius 3 is 1.42 bits per heavy atom. The Kier molecular flexibility index (Phi) is 8.01. The Morgan fingerprint density at radius 1 is 0.578 bits per heavy atom. The first-order valence-electron chi connectivity index (χ1n) is 17.4. The fraction of sp³-hybridized carbons (Fsp3) is 0.349. The summed E-state index contributed by atoms with van der Waals surface area (Å²) in [4.78, 5) is 0. The van der Waals surface area contributed by atoms with Crippen LogP contribution >= 0.6 is 0 Å². The number of aryl methyl sites for hydroxylation is 4. The van der Waals surface area contributed by atoms with Crippen molar-refractivity contribution in [1.82, 2.24) is 0 Å². The molecule has 3 aliphatic rings. The van der Waals surface area contributed by atoms with Crippen LogP contribution < -0.4 is 0 Å². The number of rotatable bonds is 5. The molecule has 45 heavy (non-hydrogen) atoms. The van der Waals surface area contributed by atoms with Gasteiger partial charge in [-0.05, 0) is 0 Å². The zero-order valence-corrected chi connectivity index (χ0v) is 33.1. The average Bonchev–Trinajstić information content (AvgIpc) is 3.66. The minimum absolute atomic E-state index is 0.578. The molecule has 0 amide bonds. The van der Waals surface area contributed by atoms with Crippen LogP contribution in [-0.4, -0.2) is 5.49 Å². The molecule has 1 saturated carbocycles. The second-order valence-corrected chi connectivity index (χ2v) is 62.5. The van der Waals surface area contributed by atoms with Gasteiger partial charge in [0.25, 0.3) is 0 Å². The van der Waals surface area contributed by atoms with Crippen molar-refractivity contribution in [1.29, 1.82) is 0 Å². The van der Waals surface area contributed by atoms with E-state index in [2.05, 4.69) is 141 Å². The van der Waals surface area contributed by atoms with Crippen molar-refractivity contribution in [3.05, 3.63) is 129 Å². The van der Waals surface area contributed by atoms with E-state index in [1.807, 2.05) is 0 Å². The van der Waals surface area contributed by atoms with E-state index in [-0.39, 0.29) is 0 Å². The van der Waals surface area contributed by atoms with E-state index in [0.717, 1.165) is 5.54 Å². The van der Waals surface area contributed by atoms with Crippen LogP contribution in [0.3, 0.4) is 0 Å². The molecule has 0 bridgehead atoms. The van der Waals surface area contributed by atoms with Crippen LogP contribution in [-0.2, 0) is 17.1 Å². The van der Waals surface area contributed by atoms with Crippen LogP contribution in [0.2, 0.25) is 21.4 Å². The van der Waals surface area contributed by atoms with Crippen molar-refractivity contribution < 1.29 is 17.1 Å². The quantitative estimate of drug-likeness (QED) is 0.177. The SMILES string of the molecule is Cc1cc(C)cc(-c2cccc3c2C=C[CH]3[Hf]([CH3])([CH3])([CH]2C=Cc3c(-c4cc(C)cc(C)c4)cccc32)=[Si](C)C2CCCCC2)c1. The van der Waals surface area contributed by atoms with E-state index in [0.29, 0.717) is 7.35 Å². The molecule has 0 N–H and O–H groups in total. The first-order valence-corrected chi connectivity index (χ1v) is 36.2. The van der Waals surface area contributed by atoms with Crippen LogP contribution in [0.4, 0.5) is 0 Å². The molecule has 0 saturated heterocycles. The summed E-state index contributed by atoms with van der Waals surface area (Å²) in [6.07, 6.45) is 17.7. The van der Waals surface area contributed by atoms with Gasteiger partial charge in [-0.15, -0.1) is 0 Å². The van der Waals surface area contributed by atoms with E-state index in [1.54, 1.807) is 11.1 Å². The van der Waals surface area contributed by atoms with Crippen LogP contribution in [0.25, 0.3) is 34.4 Å². The van der Waals surface area contributed by atoms with E-state index >= 15 is 0 Å². The molecular formula is C43H50HfSi. The number of hydrogen-bond donors (Lipinski definition) is 0. The van der Waals surface area contributed by atoms with Crippen LogP contribution in [0.1, 0.15) is 84.0 Å².